The molecule has 0 aromatic carbocycles. The summed E-state index contributed by atoms with van der Waals surface area (Å²) >= 11 is 6.01. The highest BCUT2D eigenvalue weighted by atomic mass is 35.5. The summed E-state index contributed by atoms with van der Waals surface area (Å²) in [5, 5.41) is 12.2. The second-order valence-corrected chi connectivity index (χ2v) is 4.78. The van der Waals surface area contributed by atoms with Crippen molar-refractivity contribution in [3.8, 4) is 6.07 Å². The predicted octanol–water partition coefficient (Wildman–Crippen LogP) is 2.03. The highest BCUT2D eigenvalue weighted by Crippen LogP contribution is 2.22. The SMILES string of the molecule is N#Cc1ccnc(NCCC(=O)N2CCCC2)c1Cl. The summed E-state index contributed by atoms with van der Waals surface area (Å²) in [4.78, 5) is 17.8. The summed E-state index contributed by atoms with van der Waals surface area (Å²) in [7, 11) is 0. The maximum absolute atomic E-state index is 11.8. The van der Waals surface area contributed by atoms with E-state index in [1.54, 1.807) is 6.07 Å². The summed E-state index contributed by atoms with van der Waals surface area (Å²) in [6.45, 7) is 2.19. The molecular weight excluding hydrogens is 264 g/mol. The van der Waals surface area contributed by atoms with Gasteiger partial charge in [-0.25, -0.2) is 4.98 Å². The molecule has 6 heteroatoms. The predicted molar refractivity (Wildman–Crippen MR) is 72.9 cm³/mol. The normalized spacial score (nSPS) is 14.2. The van der Waals surface area contributed by atoms with Gasteiger partial charge in [-0.05, 0) is 18.9 Å². The zero-order valence-electron chi connectivity index (χ0n) is 10.5. The van der Waals surface area contributed by atoms with Crippen molar-refractivity contribution in [3.63, 3.8) is 0 Å². The van der Waals surface area contributed by atoms with Crippen LogP contribution in [0.5, 0.6) is 0 Å². The van der Waals surface area contributed by atoms with Crippen LogP contribution in [0, 0.1) is 11.3 Å². The van der Waals surface area contributed by atoms with Gasteiger partial charge in [0, 0.05) is 32.3 Å². The van der Waals surface area contributed by atoms with Crippen molar-refractivity contribution < 1.29 is 4.79 Å². The monoisotopic (exact) mass is 278 g/mol. The van der Waals surface area contributed by atoms with Gasteiger partial charge in [0.05, 0.1) is 5.56 Å². The first-order valence-electron chi connectivity index (χ1n) is 6.28. The number of nitrogens with one attached hydrogen (secondary N) is 1. The molecule has 1 fully saturated rings. The zero-order valence-corrected chi connectivity index (χ0v) is 11.3. The molecule has 1 aromatic heterocycles. The number of hydrogen-bond acceptors (Lipinski definition) is 4. The molecule has 0 radical (unpaired) electrons. The number of hydrogen-bond donors (Lipinski definition) is 1. The molecule has 1 aliphatic rings. The summed E-state index contributed by atoms with van der Waals surface area (Å²) in [6.07, 6.45) is 4.12. The molecule has 0 bridgehead atoms. The highest BCUT2D eigenvalue weighted by molar-refractivity contribution is 6.34. The van der Waals surface area contributed by atoms with E-state index in [1.165, 1.54) is 6.20 Å². The molecule has 2 heterocycles. The third-order valence-electron chi connectivity index (χ3n) is 3.10. The van der Waals surface area contributed by atoms with Gasteiger partial charge in [0.2, 0.25) is 5.91 Å². The Kier molecular flexibility index (Phi) is 4.58. The van der Waals surface area contributed by atoms with E-state index in [2.05, 4.69) is 10.3 Å². The van der Waals surface area contributed by atoms with E-state index < -0.39 is 0 Å². The van der Waals surface area contributed by atoms with Crippen LogP contribution in [0.4, 0.5) is 5.82 Å². The average molecular weight is 279 g/mol. The lowest BCUT2D eigenvalue weighted by atomic mass is 10.3. The number of nitriles is 1. The van der Waals surface area contributed by atoms with Gasteiger partial charge < -0.3 is 10.2 Å². The van der Waals surface area contributed by atoms with Crippen molar-refractivity contribution in [1.29, 1.82) is 5.26 Å². The zero-order chi connectivity index (χ0) is 13.7. The molecule has 0 unspecified atom stereocenters. The van der Waals surface area contributed by atoms with Crippen molar-refractivity contribution in [1.82, 2.24) is 9.88 Å². The summed E-state index contributed by atoms with van der Waals surface area (Å²) in [5.74, 6) is 0.604. The van der Waals surface area contributed by atoms with Crippen LogP contribution in [0.2, 0.25) is 5.02 Å². The second-order valence-electron chi connectivity index (χ2n) is 4.40. The number of nitrogens with zero attached hydrogens (tertiary/aromatic N) is 3. The van der Waals surface area contributed by atoms with Crippen LogP contribution in [0.1, 0.15) is 24.8 Å². The molecule has 1 saturated heterocycles. The average Bonchev–Trinajstić information content (AvgIpc) is 2.94. The molecule has 5 nitrogen and oxygen atoms in total. The molecular formula is C13H15ClN4O. The number of anilines is 1. The number of halogens is 1. The number of amides is 1. The van der Waals surface area contributed by atoms with Crippen LogP contribution >= 0.6 is 11.6 Å². The Balaban J connectivity index is 1.86. The first-order valence-corrected chi connectivity index (χ1v) is 6.66. The third-order valence-corrected chi connectivity index (χ3v) is 3.48. The molecule has 2 rings (SSSR count). The number of aromatic nitrogens is 1. The summed E-state index contributed by atoms with van der Waals surface area (Å²) < 4.78 is 0. The molecule has 1 aliphatic heterocycles. The van der Waals surface area contributed by atoms with Crippen molar-refractivity contribution >= 4 is 23.3 Å². The standard InChI is InChI=1S/C13H15ClN4O/c14-12-10(9-15)3-5-16-13(12)17-6-4-11(19)18-7-1-2-8-18/h3,5H,1-2,4,6-8H2,(H,16,17). The summed E-state index contributed by atoms with van der Waals surface area (Å²) in [6, 6.07) is 3.55. The fourth-order valence-electron chi connectivity index (χ4n) is 2.07. The van der Waals surface area contributed by atoms with Crippen LogP contribution in [-0.4, -0.2) is 35.4 Å². The van der Waals surface area contributed by atoms with E-state index in [4.69, 9.17) is 16.9 Å². The van der Waals surface area contributed by atoms with E-state index in [0.717, 1.165) is 25.9 Å². The van der Waals surface area contributed by atoms with Crippen LogP contribution in [0.15, 0.2) is 12.3 Å². The summed E-state index contributed by atoms with van der Waals surface area (Å²) in [5.41, 5.74) is 0.380. The maximum Gasteiger partial charge on any atom is 0.224 e. The van der Waals surface area contributed by atoms with Gasteiger partial charge in [-0.3, -0.25) is 4.79 Å². The van der Waals surface area contributed by atoms with Gasteiger partial charge in [0.1, 0.15) is 16.9 Å². The minimum Gasteiger partial charge on any atom is -0.368 e. The largest absolute Gasteiger partial charge is 0.368 e. The van der Waals surface area contributed by atoms with Gasteiger partial charge in [-0.2, -0.15) is 5.26 Å². The minimum atomic E-state index is 0.151. The van der Waals surface area contributed by atoms with Crippen molar-refractivity contribution in [2.75, 3.05) is 25.0 Å². The van der Waals surface area contributed by atoms with Gasteiger partial charge in [-0.15, -0.1) is 0 Å². The second kappa shape index (κ2) is 6.39. The lowest BCUT2D eigenvalue weighted by molar-refractivity contribution is -0.129. The third kappa shape index (κ3) is 3.36. The molecule has 0 aliphatic carbocycles. The first-order chi connectivity index (χ1) is 9.22. The highest BCUT2D eigenvalue weighted by Gasteiger charge is 2.17. The smallest absolute Gasteiger partial charge is 0.224 e. The van der Waals surface area contributed by atoms with E-state index >= 15 is 0 Å². The van der Waals surface area contributed by atoms with E-state index in [1.807, 2.05) is 11.0 Å². The van der Waals surface area contributed by atoms with Crippen molar-refractivity contribution in [3.05, 3.63) is 22.8 Å². The van der Waals surface area contributed by atoms with Crippen molar-refractivity contribution in [2.45, 2.75) is 19.3 Å². The Morgan fingerprint density at radius 2 is 2.26 bits per heavy atom. The number of pyridine rings is 1. The Morgan fingerprint density at radius 1 is 1.53 bits per heavy atom. The number of carbonyl (C=O) groups excluding carboxylic acids is 1. The first kappa shape index (κ1) is 13.6. The van der Waals surface area contributed by atoms with Crippen LogP contribution in [-0.2, 0) is 4.79 Å². The Hall–Kier alpha value is -1.80. The molecule has 19 heavy (non-hydrogen) atoms. The fourth-order valence-corrected chi connectivity index (χ4v) is 2.29. The number of carbonyl (C=O) groups is 1. The lowest BCUT2D eigenvalue weighted by Crippen LogP contribution is -2.29. The Bertz CT molecular complexity index is 506. The molecule has 0 saturated carbocycles. The number of likely N-dealkylation sites (tertiary alicyclic amines) is 1. The van der Waals surface area contributed by atoms with Gasteiger partial charge in [0.15, 0.2) is 0 Å². The van der Waals surface area contributed by atoms with Gasteiger partial charge >= 0.3 is 0 Å². The Morgan fingerprint density at radius 3 is 2.95 bits per heavy atom. The van der Waals surface area contributed by atoms with Crippen LogP contribution in [0.25, 0.3) is 0 Å². The molecule has 0 spiro atoms. The minimum absolute atomic E-state index is 0.151. The maximum atomic E-state index is 11.8. The lowest BCUT2D eigenvalue weighted by Gasteiger charge is -2.15. The molecule has 0 atom stereocenters. The van der Waals surface area contributed by atoms with Gasteiger partial charge in [-0.1, -0.05) is 11.6 Å². The Labute approximate surface area is 117 Å². The molecule has 1 N–H and O–H groups in total. The van der Waals surface area contributed by atoms with Crippen LogP contribution in [0.3, 0.4) is 0 Å². The van der Waals surface area contributed by atoms with E-state index in [0.29, 0.717) is 29.4 Å². The van der Waals surface area contributed by atoms with Crippen LogP contribution < -0.4 is 5.32 Å². The van der Waals surface area contributed by atoms with Crippen molar-refractivity contribution in [2.24, 2.45) is 0 Å². The van der Waals surface area contributed by atoms with Gasteiger partial charge in [0.25, 0.3) is 0 Å². The number of rotatable bonds is 4. The molecule has 1 aromatic rings. The molecule has 100 valence electrons. The fraction of sp³-hybridized carbons (Fsp3) is 0.462. The topological polar surface area (TPSA) is 69.0 Å². The van der Waals surface area contributed by atoms with E-state index in [-0.39, 0.29) is 5.91 Å². The quantitative estimate of drug-likeness (QED) is 0.915. The van der Waals surface area contributed by atoms with E-state index in [9.17, 15) is 4.79 Å². The molecule has 1 amide bonds.